The maximum absolute atomic E-state index is 11.5. The molecule has 0 aliphatic carbocycles. The van der Waals surface area contributed by atoms with E-state index in [0.29, 0.717) is 11.0 Å². The van der Waals surface area contributed by atoms with Crippen molar-refractivity contribution < 1.29 is 17.1 Å². The smallest absolute Gasteiger partial charge is 0.319 e. The van der Waals surface area contributed by atoms with Crippen LogP contribution in [-0.2, 0) is 14.3 Å². The molecule has 80 valence electrons. The van der Waals surface area contributed by atoms with Gasteiger partial charge in [0.15, 0.2) is 5.58 Å². The molecule has 0 atom stereocenters. The largest absolute Gasteiger partial charge is 0.355 e. The van der Waals surface area contributed by atoms with Gasteiger partial charge in [-0.3, -0.25) is 0 Å². The van der Waals surface area contributed by atoms with Gasteiger partial charge in [0.2, 0.25) is 5.03 Å². The number of nitrogens with zero attached hydrogens (tertiary/aromatic N) is 1. The van der Waals surface area contributed by atoms with E-state index in [0.717, 1.165) is 0 Å². The van der Waals surface area contributed by atoms with Crippen molar-refractivity contribution in [3.8, 4) is 0 Å². The van der Waals surface area contributed by atoms with Gasteiger partial charge in [-0.15, -0.1) is 0 Å². The summed E-state index contributed by atoms with van der Waals surface area (Å²) in [6.07, 6.45) is 0. The van der Waals surface area contributed by atoms with E-state index in [9.17, 15) is 8.42 Å². The van der Waals surface area contributed by atoms with Crippen molar-refractivity contribution in [2.75, 3.05) is 6.73 Å². The van der Waals surface area contributed by atoms with Gasteiger partial charge in [0, 0.05) is 0 Å². The Morgan fingerprint density at radius 1 is 1.40 bits per heavy atom. The lowest BCUT2D eigenvalue weighted by atomic mass is 10.3. The van der Waals surface area contributed by atoms with Crippen LogP contribution in [0.3, 0.4) is 0 Å². The van der Waals surface area contributed by atoms with Crippen LogP contribution in [0, 0.1) is 0 Å². The number of para-hydroxylation sites is 1. The van der Waals surface area contributed by atoms with Gasteiger partial charge in [-0.05, 0) is 12.1 Å². The molecule has 1 heterocycles. The fourth-order valence-corrected chi connectivity index (χ4v) is 2.05. The Kier molecular flexibility index (Phi) is 2.43. The summed E-state index contributed by atoms with van der Waals surface area (Å²) in [6, 6.07) is 6.59. The standard InChI is InChI=1S/C8H8N2O4S/c9-5-13-15(11,12)8-6-3-1-2-4-7(6)14-10-8/h1-4H,5,9H2. The second-order valence-corrected chi connectivity index (χ2v) is 4.25. The van der Waals surface area contributed by atoms with E-state index >= 15 is 0 Å². The first-order chi connectivity index (χ1) is 7.15. The zero-order chi connectivity index (χ0) is 10.9. The minimum atomic E-state index is -3.92. The van der Waals surface area contributed by atoms with E-state index < -0.39 is 16.8 Å². The summed E-state index contributed by atoms with van der Waals surface area (Å²) < 4.78 is 32.2. The summed E-state index contributed by atoms with van der Waals surface area (Å²) in [6.45, 7) is -0.427. The summed E-state index contributed by atoms with van der Waals surface area (Å²) >= 11 is 0. The van der Waals surface area contributed by atoms with Crippen LogP contribution in [0.1, 0.15) is 0 Å². The van der Waals surface area contributed by atoms with Crippen LogP contribution in [0.15, 0.2) is 33.8 Å². The number of nitrogens with two attached hydrogens (primary N) is 1. The Balaban J connectivity index is 2.63. The molecule has 2 N–H and O–H groups in total. The molecule has 0 amide bonds. The van der Waals surface area contributed by atoms with E-state index in [1.54, 1.807) is 24.3 Å². The quantitative estimate of drug-likeness (QED) is 0.605. The number of aromatic nitrogens is 1. The van der Waals surface area contributed by atoms with E-state index in [1.165, 1.54) is 0 Å². The van der Waals surface area contributed by atoms with E-state index in [1.807, 2.05) is 0 Å². The van der Waals surface area contributed by atoms with Gasteiger partial charge in [-0.25, -0.2) is 4.18 Å². The molecule has 0 aliphatic heterocycles. The number of hydrogen-bond acceptors (Lipinski definition) is 6. The molecule has 0 saturated carbocycles. The van der Waals surface area contributed by atoms with Crippen molar-refractivity contribution in [2.24, 2.45) is 5.73 Å². The molecule has 7 heteroatoms. The molecule has 0 fully saturated rings. The third kappa shape index (κ3) is 1.72. The molecule has 0 saturated heterocycles. The third-order valence-electron chi connectivity index (χ3n) is 1.80. The van der Waals surface area contributed by atoms with Crippen molar-refractivity contribution in [1.29, 1.82) is 0 Å². The predicted octanol–water partition coefficient (Wildman–Crippen LogP) is 0.449. The molecule has 1 aromatic carbocycles. The van der Waals surface area contributed by atoms with Crippen molar-refractivity contribution in [1.82, 2.24) is 5.16 Å². The molecule has 1 aromatic heterocycles. The zero-order valence-corrected chi connectivity index (χ0v) is 8.40. The Morgan fingerprint density at radius 3 is 2.87 bits per heavy atom. The molecular weight excluding hydrogens is 220 g/mol. The fraction of sp³-hybridized carbons (Fsp3) is 0.125. The molecule has 15 heavy (non-hydrogen) atoms. The van der Waals surface area contributed by atoms with Gasteiger partial charge in [0.25, 0.3) is 0 Å². The second kappa shape index (κ2) is 3.61. The summed E-state index contributed by atoms with van der Waals surface area (Å²) in [5, 5.41) is 3.58. The Hall–Kier alpha value is -1.44. The van der Waals surface area contributed by atoms with Gasteiger partial charge in [0.05, 0.1) is 5.39 Å². The van der Waals surface area contributed by atoms with Crippen molar-refractivity contribution in [2.45, 2.75) is 5.03 Å². The molecule has 2 rings (SSSR count). The summed E-state index contributed by atoms with van der Waals surface area (Å²) in [5.41, 5.74) is 5.39. The average molecular weight is 228 g/mol. The maximum Gasteiger partial charge on any atom is 0.319 e. The highest BCUT2D eigenvalue weighted by molar-refractivity contribution is 7.86. The topological polar surface area (TPSA) is 95.4 Å². The summed E-state index contributed by atoms with van der Waals surface area (Å²) in [5.74, 6) is 0. The SMILES string of the molecule is NCOS(=O)(=O)c1noc2ccccc12. The summed E-state index contributed by atoms with van der Waals surface area (Å²) in [7, 11) is -3.92. The molecule has 0 radical (unpaired) electrons. The monoisotopic (exact) mass is 228 g/mol. The molecule has 2 aromatic rings. The van der Waals surface area contributed by atoms with E-state index in [-0.39, 0.29) is 5.03 Å². The Bertz CT molecular complexity index is 575. The lowest BCUT2D eigenvalue weighted by Crippen LogP contribution is -2.13. The third-order valence-corrected chi connectivity index (χ3v) is 3.02. The summed E-state index contributed by atoms with van der Waals surface area (Å²) in [4.78, 5) is 0. The van der Waals surface area contributed by atoms with Crippen LogP contribution in [0.5, 0.6) is 0 Å². The maximum atomic E-state index is 11.5. The molecular formula is C8H8N2O4S. The minimum Gasteiger partial charge on any atom is -0.355 e. The van der Waals surface area contributed by atoms with E-state index in [2.05, 4.69) is 9.34 Å². The average Bonchev–Trinajstić information content (AvgIpc) is 2.61. The van der Waals surface area contributed by atoms with Crippen LogP contribution < -0.4 is 5.73 Å². The molecule has 0 aliphatic rings. The van der Waals surface area contributed by atoms with Crippen LogP contribution in [0.25, 0.3) is 11.0 Å². The van der Waals surface area contributed by atoms with Gasteiger partial charge < -0.3 is 10.3 Å². The normalized spacial score (nSPS) is 12.1. The highest BCUT2D eigenvalue weighted by atomic mass is 32.2. The molecule has 0 bridgehead atoms. The lowest BCUT2D eigenvalue weighted by Gasteiger charge is -1.97. The highest BCUT2D eigenvalue weighted by Gasteiger charge is 2.22. The van der Waals surface area contributed by atoms with Gasteiger partial charge in [0.1, 0.15) is 6.73 Å². The van der Waals surface area contributed by atoms with Crippen LogP contribution in [-0.4, -0.2) is 20.3 Å². The van der Waals surface area contributed by atoms with E-state index in [4.69, 9.17) is 10.3 Å². The first-order valence-corrected chi connectivity index (χ1v) is 5.50. The lowest BCUT2D eigenvalue weighted by molar-refractivity contribution is 0.322. The van der Waals surface area contributed by atoms with Crippen LogP contribution in [0.2, 0.25) is 0 Å². The van der Waals surface area contributed by atoms with Gasteiger partial charge in [-0.2, -0.15) is 8.42 Å². The van der Waals surface area contributed by atoms with Crippen LogP contribution in [0.4, 0.5) is 0 Å². The zero-order valence-electron chi connectivity index (χ0n) is 7.58. The fourth-order valence-electron chi connectivity index (χ4n) is 1.19. The molecule has 0 unspecified atom stereocenters. The van der Waals surface area contributed by atoms with Crippen molar-refractivity contribution >= 4 is 21.1 Å². The number of rotatable bonds is 3. The first-order valence-electron chi connectivity index (χ1n) is 4.09. The number of benzene rings is 1. The van der Waals surface area contributed by atoms with Gasteiger partial charge >= 0.3 is 10.1 Å². The second-order valence-electron chi connectivity index (χ2n) is 2.72. The number of fused-ring (bicyclic) bond motifs is 1. The molecule has 0 spiro atoms. The number of hydrogen-bond donors (Lipinski definition) is 1. The van der Waals surface area contributed by atoms with Crippen molar-refractivity contribution in [3.63, 3.8) is 0 Å². The van der Waals surface area contributed by atoms with Gasteiger partial charge in [-0.1, -0.05) is 17.3 Å². The first kappa shape index (κ1) is 10.1. The molecule has 6 nitrogen and oxygen atoms in total. The Morgan fingerprint density at radius 2 is 2.13 bits per heavy atom. The predicted molar refractivity (Wildman–Crippen MR) is 51.3 cm³/mol. The minimum absolute atomic E-state index is 0.247. The van der Waals surface area contributed by atoms with Crippen molar-refractivity contribution in [3.05, 3.63) is 24.3 Å². The Labute approximate surface area is 85.7 Å². The highest BCUT2D eigenvalue weighted by Crippen LogP contribution is 2.22. The van der Waals surface area contributed by atoms with Crippen LogP contribution >= 0.6 is 0 Å².